The second kappa shape index (κ2) is 5.34. The number of rotatable bonds is 3. The summed E-state index contributed by atoms with van der Waals surface area (Å²) in [6.45, 7) is 5.94. The zero-order chi connectivity index (χ0) is 16.1. The molecular formula is C18H24N4O. The van der Waals surface area contributed by atoms with E-state index in [1.807, 2.05) is 0 Å². The number of nitrogens with two attached hydrogens (primary N) is 1. The summed E-state index contributed by atoms with van der Waals surface area (Å²) >= 11 is 0. The number of aromatic nitrogens is 1. The molecular weight excluding hydrogens is 288 g/mol. The molecule has 5 heteroatoms. The molecule has 3 N–H and O–H groups in total. The standard InChI is InChI=1S/C18H24N4O/c1-10-3-4-16-12(5-10)7-15(18(23)20-11(2)19)17(21-16)22-8-13-6-14(13)9-22/h5,7,13-14,18,23H,3-4,6,8-9H2,1-2H3,(H2,19,20). The van der Waals surface area contributed by atoms with E-state index in [9.17, 15) is 5.11 Å². The average molecular weight is 312 g/mol. The lowest BCUT2D eigenvalue weighted by molar-refractivity contribution is 0.188. The van der Waals surface area contributed by atoms with Crippen LogP contribution in [0.1, 0.15) is 49.7 Å². The molecule has 1 aliphatic heterocycles. The number of nitrogens with zero attached hydrogens (tertiary/aromatic N) is 3. The number of aryl methyl sites for hydroxylation is 1. The molecule has 0 amide bonds. The van der Waals surface area contributed by atoms with Gasteiger partial charge in [0.25, 0.3) is 0 Å². The first-order valence-electron chi connectivity index (χ1n) is 8.45. The Morgan fingerprint density at radius 2 is 2.13 bits per heavy atom. The molecule has 3 aliphatic rings. The lowest BCUT2D eigenvalue weighted by Crippen LogP contribution is -2.26. The van der Waals surface area contributed by atoms with Gasteiger partial charge in [-0.3, -0.25) is 0 Å². The van der Waals surface area contributed by atoms with E-state index in [2.05, 4.69) is 29.0 Å². The van der Waals surface area contributed by atoms with Crippen molar-refractivity contribution >= 4 is 17.7 Å². The van der Waals surface area contributed by atoms with Gasteiger partial charge >= 0.3 is 0 Å². The zero-order valence-corrected chi connectivity index (χ0v) is 13.8. The van der Waals surface area contributed by atoms with Crippen molar-refractivity contribution in [3.8, 4) is 0 Å². The van der Waals surface area contributed by atoms with Gasteiger partial charge in [0.2, 0.25) is 0 Å². The molecule has 0 aromatic carbocycles. The smallest absolute Gasteiger partial charge is 0.176 e. The van der Waals surface area contributed by atoms with Gasteiger partial charge in [0.05, 0.1) is 11.5 Å². The lowest BCUT2D eigenvalue weighted by Gasteiger charge is -2.26. The van der Waals surface area contributed by atoms with Gasteiger partial charge in [-0.15, -0.1) is 0 Å². The van der Waals surface area contributed by atoms with E-state index >= 15 is 0 Å². The number of aliphatic hydroxyl groups is 1. The maximum atomic E-state index is 10.5. The van der Waals surface area contributed by atoms with Gasteiger partial charge in [0.15, 0.2) is 6.23 Å². The Bertz CT molecular complexity index is 695. The molecule has 3 unspecified atom stereocenters. The fourth-order valence-electron chi connectivity index (χ4n) is 3.83. The Morgan fingerprint density at radius 1 is 1.39 bits per heavy atom. The summed E-state index contributed by atoms with van der Waals surface area (Å²) in [6, 6.07) is 2.06. The van der Waals surface area contributed by atoms with Crippen molar-refractivity contribution < 1.29 is 5.11 Å². The Hall–Kier alpha value is -1.88. The third-order valence-corrected chi connectivity index (χ3v) is 5.18. The second-order valence-corrected chi connectivity index (χ2v) is 7.23. The first-order valence-corrected chi connectivity index (χ1v) is 8.45. The maximum absolute atomic E-state index is 10.5. The number of anilines is 1. The predicted molar refractivity (Wildman–Crippen MR) is 92.3 cm³/mol. The van der Waals surface area contributed by atoms with E-state index in [1.54, 1.807) is 6.92 Å². The number of aliphatic hydroxyl groups excluding tert-OH is 1. The molecule has 5 nitrogen and oxygen atoms in total. The van der Waals surface area contributed by atoms with Crippen molar-refractivity contribution in [3.63, 3.8) is 0 Å². The van der Waals surface area contributed by atoms with E-state index in [-0.39, 0.29) is 0 Å². The van der Waals surface area contributed by atoms with Crippen LogP contribution in [0, 0.1) is 11.8 Å². The summed E-state index contributed by atoms with van der Waals surface area (Å²) in [5, 5.41) is 10.5. The highest BCUT2D eigenvalue weighted by atomic mass is 16.3. The molecule has 122 valence electrons. The molecule has 1 aromatic rings. The van der Waals surface area contributed by atoms with Gasteiger partial charge in [-0.2, -0.15) is 0 Å². The predicted octanol–water partition coefficient (Wildman–Crippen LogP) is 2.26. The van der Waals surface area contributed by atoms with Crippen LogP contribution in [-0.2, 0) is 6.42 Å². The van der Waals surface area contributed by atoms with E-state index in [4.69, 9.17) is 10.7 Å². The fraction of sp³-hybridized carbons (Fsp3) is 0.556. The number of pyridine rings is 1. The van der Waals surface area contributed by atoms with Gasteiger partial charge in [0.1, 0.15) is 5.82 Å². The molecule has 4 rings (SSSR count). The monoisotopic (exact) mass is 312 g/mol. The van der Waals surface area contributed by atoms with Gasteiger partial charge in [-0.05, 0) is 56.6 Å². The number of aliphatic imine (C=N–C) groups is 1. The molecule has 3 atom stereocenters. The SMILES string of the molecule is CC1=Cc2cc(C(O)/N=C(/C)N)c(N3CC4CC4C3)nc2CC1. The molecule has 0 radical (unpaired) electrons. The van der Waals surface area contributed by atoms with E-state index in [1.165, 1.54) is 12.0 Å². The van der Waals surface area contributed by atoms with Gasteiger partial charge < -0.3 is 15.7 Å². The van der Waals surface area contributed by atoms with Crippen molar-refractivity contribution in [2.45, 2.75) is 39.3 Å². The third-order valence-electron chi connectivity index (χ3n) is 5.18. The minimum absolute atomic E-state index is 0.386. The van der Waals surface area contributed by atoms with Crippen LogP contribution in [0.15, 0.2) is 16.6 Å². The number of allylic oxidation sites excluding steroid dienone is 1. The average Bonchev–Trinajstić information content (AvgIpc) is 3.11. The molecule has 2 aliphatic carbocycles. The van der Waals surface area contributed by atoms with Gasteiger partial charge in [-0.1, -0.05) is 11.6 Å². The molecule has 23 heavy (non-hydrogen) atoms. The molecule has 1 aromatic heterocycles. The van der Waals surface area contributed by atoms with E-state index < -0.39 is 6.23 Å². The molecule has 2 fully saturated rings. The van der Waals surface area contributed by atoms with Crippen molar-refractivity contribution in [1.29, 1.82) is 0 Å². The van der Waals surface area contributed by atoms with Crippen LogP contribution in [0.3, 0.4) is 0 Å². The van der Waals surface area contributed by atoms with Gasteiger partial charge in [-0.25, -0.2) is 9.98 Å². The number of fused-ring (bicyclic) bond motifs is 2. The van der Waals surface area contributed by atoms with Crippen molar-refractivity contribution in [2.75, 3.05) is 18.0 Å². The van der Waals surface area contributed by atoms with Gasteiger partial charge in [0, 0.05) is 18.7 Å². The van der Waals surface area contributed by atoms with Crippen molar-refractivity contribution in [3.05, 3.63) is 28.5 Å². The summed E-state index contributed by atoms with van der Waals surface area (Å²) < 4.78 is 0. The van der Waals surface area contributed by atoms with Crippen LogP contribution in [0.25, 0.3) is 6.08 Å². The quantitative estimate of drug-likeness (QED) is 0.663. The number of piperidine rings is 1. The number of amidine groups is 1. The minimum Gasteiger partial charge on any atom is -0.388 e. The number of hydrogen-bond acceptors (Lipinski definition) is 4. The Kier molecular flexibility index (Phi) is 3.41. The summed E-state index contributed by atoms with van der Waals surface area (Å²) in [5.74, 6) is 2.93. The Balaban J connectivity index is 1.77. The van der Waals surface area contributed by atoms with Crippen molar-refractivity contribution in [1.82, 2.24) is 4.98 Å². The Labute approximate surface area is 136 Å². The van der Waals surface area contributed by atoms with Crippen LogP contribution >= 0.6 is 0 Å². The third kappa shape index (κ3) is 2.74. The maximum Gasteiger partial charge on any atom is 0.176 e. The molecule has 1 saturated heterocycles. The highest BCUT2D eigenvalue weighted by Gasteiger charge is 2.46. The van der Waals surface area contributed by atoms with Crippen LogP contribution < -0.4 is 10.6 Å². The first-order chi connectivity index (χ1) is 11.0. The van der Waals surface area contributed by atoms with Crippen molar-refractivity contribution in [2.24, 2.45) is 22.6 Å². The molecule has 2 heterocycles. The number of hydrogen-bond donors (Lipinski definition) is 2. The largest absolute Gasteiger partial charge is 0.388 e. The minimum atomic E-state index is -0.944. The summed E-state index contributed by atoms with van der Waals surface area (Å²) in [6.07, 6.45) is 4.61. The fourth-order valence-corrected chi connectivity index (χ4v) is 3.83. The van der Waals surface area contributed by atoms with E-state index in [0.717, 1.165) is 60.4 Å². The second-order valence-electron chi connectivity index (χ2n) is 7.23. The van der Waals surface area contributed by atoms with Crippen LogP contribution in [-0.4, -0.2) is 29.0 Å². The summed E-state index contributed by atoms with van der Waals surface area (Å²) in [5.41, 5.74) is 10.0. The highest BCUT2D eigenvalue weighted by molar-refractivity contribution is 5.77. The molecule has 0 spiro atoms. The first kappa shape index (κ1) is 14.7. The Morgan fingerprint density at radius 3 is 2.83 bits per heavy atom. The highest BCUT2D eigenvalue weighted by Crippen LogP contribution is 2.47. The molecule has 0 bridgehead atoms. The van der Waals surface area contributed by atoms with Crippen LogP contribution in [0.4, 0.5) is 5.82 Å². The van der Waals surface area contributed by atoms with E-state index in [0.29, 0.717) is 5.84 Å². The summed E-state index contributed by atoms with van der Waals surface area (Å²) in [4.78, 5) is 11.4. The normalized spacial score (nSPS) is 27.3. The topological polar surface area (TPSA) is 74.7 Å². The van der Waals surface area contributed by atoms with Crippen LogP contribution in [0.5, 0.6) is 0 Å². The molecule has 1 saturated carbocycles. The zero-order valence-electron chi connectivity index (χ0n) is 13.8. The van der Waals surface area contributed by atoms with Crippen LogP contribution in [0.2, 0.25) is 0 Å². The summed E-state index contributed by atoms with van der Waals surface area (Å²) in [7, 11) is 0. The lowest BCUT2D eigenvalue weighted by atomic mass is 9.95.